The number of thioether (sulfide) groups is 1. The molecule has 6 nitrogen and oxygen atoms in total. The Labute approximate surface area is 186 Å². The van der Waals surface area contributed by atoms with E-state index in [9.17, 15) is 9.59 Å². The predicted molar refractivity (Wildman–Crippen MR) is 120 cm³/mol. The summed E-state index contributed by atoms with van der Waals surface area (Å²) in [7, 11) is 0. The number of hydrogen-bond acceptors (Lipinski definition) is 5. The summed E-state index contributed by atoms with van der Waals surface area (Å²) in [4.78, 5) is 32.9. The van der Waals surface area contributed by atoms with E-state index in [4.69, 9.17) is 4.42 Å². The molecule has 2 amide bonds. The van der Waals surface area contributed by atoms with Crippen molar-refractivity contribution in [1.82, 2.24) is 15.2 Å². The predicted octanol–water partition coefficient (Wildman–Crippen LogP) is 4.14. The van der Waals surface area contributed by atoms with Crippen LogP contribution in [-0.4, -0.2) is 34.5 Å². The van der Waals surface area contributed by atoms with Crippen molar-refractivity contribution < 1.29 is 14.0 Å². The van der Waals surface area contributed by atoms with Gasteiger partial charge < -0.3 is 14.6 Å². The Hall–Kier alpha value is -3.06. The Morgan fingerprint density at radius 2 is 2.03 bits per heavy atom. The molecule has 7 heteroatoms. The van der Waals surface area contributed by atoms with Crippen LogP contribution >= 0.6 is 11.8 Å². The van der Waals surface area contributed by atoms with Crippen molar-refractivity contribution in [1.29, 1.82) is 0 Å². The number of pyridine rings is 1. The van der Waals surface area contributed by atoms with Crippen molar-refractivity contribution >= 4 is 23.6 Å². The Morgan fingerprint density at radius 3 is 2.77 bits per heavy atom. The van der Waals surface area contributed by atoms with Crippen molar-refractivity contribution in [2.45, 2.75) is 38.3 Å². The topological polar surface area (TPSA) is 75.4 Å². The maximum atomic E-state index is 12.8. The fourth-order valence-corrected chi connectivity index (χ4v) is 4.56. The molecule has 1 aliphatic rings. The monoisotopic (exact) mass is 435 g/mol. The Balaban J connectivity index is 1.52. The largest absolute Gasteiger partial charge is 0.459 e. The lowest BCUT2D eigenvalue weighted by Crippen LogP contribution is -2.37. The van der Waals surface area contributed by atoms with E-state index in [2.05, 4.69) is 10.3 Å². The quantitative estimate of drug-likeness (QED) is 0.610. The molecule has 0 aliphatic carbocycles. The molecule has 0 fully saturated rings. The van der Waals surface area contributed by atoms with Gasteiger partial charge in [0, 0.05) is 42.0 Å². The first-order valence-electron chi connectivity index (χ1n) is 10.2. The lowest BCUT2D eigenvalue weighted by atomic mass is 9.94. The number of nitrogens with one attached hydrogen (secondary N) is 1. The average molecular weight is 436 g/mol. The maximum Gasteiger partial charge on any atom is 0.290 e. The van der Waals surface area contributed by atoms with Crippen molar-refractivity contribution in [3.63, 3.8) is 0 Å². The molecule has 0 bridgehead atoms. The number of furan rings is 1. The summed E-state index contributed by atoms with van der Waals surface area (Å²) in [5.74, 6) is 0.198. The number of aromatic nitrogens is 1. The van der Waals surface area contributed by atoms with E-state index in [1.54, 1.807) is 29.0 Å². The van der Waals surface area contributed by atoms with Crippen LogP contribution in [0.2, 0.25) is 0 Å². The molecule has 0 spiro atoms. The second-order valence-corrected chi connectivity index (χ2v) is 8.47. The van der Waals surface area contributed by atoms with Gasteiger partial charge in [-0.1, -0.05) is 12.1 Å². The molecule has 0 atom stereocenters. The van der Waals surface area contributed by atoms with E-state index in [0.29, 0.717) is 31.0 Å². The Morgan fingerprint density at radius 1 is 1.23 bits per heavy atom. The summed E-state index contributed by atoms with van der Waals surface area (Å²) in [5, 5.41) is 3.06. The summed E-state index contributed by atoms with van der Waals surface area (Å²) >= 11 is 1.56. The van der Waals surface area contributed by atoms with Crippen molar-refractivity contribution in [3.05, 3.63) is 82.1 Å². The smallest absolute Gasteiger partial charge is 0.290 e. The van der Waals surface area contributed by atoms with Crippen LogP contribution in [0.15, 0.2) is 52.1 Å². The number of amides is 2. The van der Waals surface area contributed by atoms with Crippen molar-refractivity contribution in [2.75, 3.05) is 12.8 Å². The zero-order valence-electron chi connectivity index (χ0n) is 17.9. The summed E-state index contributed by atoms with van der Waals surface area (Å²) in [6.07, 6.45) is 6.07. The fourth-order valence-electron chi connectivity index (χ4n) is 3.96. The van der Waals surface area contributed by atoms with E-state index in [1.165, 1.54) is 5.56 Å². The van der Waals surface area contributed by atoms with Gasteiger partial charge in [-0.3, -0.25) is 14.6 Å². The molecule has 4 rings (SSSR count). The van der Waals surface area contributed by atoms with Gasteiger partial charge in [0.1, 0.15) is 0 Å². The summed E-state index contributed by atoms with van der Waals surface area (Å²) in [5.41, 5.74) is 5.64. The van der Waals surface area contributed by atoms with Crippen LogP contribution < -0.4 is 5.32 Å². The molecular formula is C24H25N3O3S. The first-order chi connectivity index (χ1) is 15.0. The van der Waals surface area contributed by atoms with Crippen LogP contribution in [0.1, 0.15) is 48.9 Å². The molecule has 0 unspecified atom stereocenters. The van der Waals surface area contributed by atoms with Gasteiger partial charge in [-0.05, 0) is 61.4 Å². The van der Waals surface area contributed by atoms with Gasteiger partial charge in [0.05, 0.1) is 11.8 Å². The van der Waals surface area contributed by atoms with Gasteiger partial charge in [0.25, 0.3) is 11.8 Å². The van der Waals surface area contributed by atoms with Crippen LogP contribution in [0.5, 0.6) is 0 Å². The highest BCUT2D eigenvalue weighted by Crippen LogP contribution is 2.26. The first-order valence-corrected chi connectivity index (χ1v) is 11.4. The highest BCUT2D eigenvalue weighted by Gasteiger charge is 2.27. The van der Waals surface area contributed by atoms with E-state index in [1.807, 2.05) is 50.6 Å². The van der Waals surface area contributed by atoms with Gasteiger partial charge >= 0.3 is 0 Å². The molecule has 0 radical (unpaired) electrons. The Kier molecular flexibility index (Phi) is 6.13. The lowest BCUT2D eigenvalue weighted by Gasteiger charge is -2.30. The number of aryl methyl sites for hydroxylation is 2. The van der Waals surface area contributed by atoms with Crippen molar-refractivity contribution in [3.8, 4) is 0 Å². The van der Waals surface area contributed by atoms with Gasteiger partial charge in [-0.25, -0.2) is 0 Å². The minimum atomic E-state index is -0.0998. The average Bonchev–Trinajstić information content (AvgIpc) is 3.23. The summed E-state index contributed by atoms with van der Waals surface area (Å²) in [6, 6.07) is 9.39. The molecule has 1 N–H and O–H groups in total. The van der Waals surface area contributed by atoms with Crippen molar-refractivity contribution in [2.24, 2.45) is 0 Å². The number of carbonyl (C=O) groups is 2. The SMILES string of the molecule is CSc1ccccc1C(=O)NCc1c(C)ncc2c1CCN(C(=O)c1occc1C)C2. The molecule has 31 heavy (non-hydrogen) atoms. The van der Waals surface area contributed by atoms with E-state index in [0.717, 1.165) is 33.7 Å². The second kappa shape index (κ2) is 8.98. The number of nitrogens with zero attached hydrogens (tertiary/aromatic N) is 2. The molecular weight excluding hydrogens is 410 g/mol. The zero-order valence-corrected chi connectivity index (χ0v) is 18.7. The molecule has 3 heterocycles. The summed E-state index contributed by atoms with van der Waals surface area (Å²) < 4.78 is 5.38. The molecule has 3 aromatic rings. The highest BCUT2D eigenvalue weighted by molar-refractivity contribution is 7.98. The minimum Gasteiger partial charge on any atom is -0.459 e. The number of carbonyl (C=O) groups excluding carboxylic acids is 2. The van der Waals surface area contributed by atoms with Crippen LogP contribution in [0, 0.1) is 13.8 Å². The van der Waals surface area contributed by atoms with Crippen LogP contribution in [0.3, 0.4) is 0 Å². The first kappa shape index (κ1) is 21.2. The van der Waals surface area contributed by atoms with Gasteiger partial charge in [0.15, 0.2) is 5.76 Å². The van der Waals surface area contributed by atoms with E-state index in [-0.39, 0.29) is 11.8 Å². The number of rotatable bonds is 5. The number of hydrogen-bond donors (Lipinski definition) is 1. The minimum absolute atomic E-state index is 0.0946. The molecule has 160 valence electrons. The van der Waals surface area contributed by atoms with Crippen LogP contribution in [0.4, 0.5) is 0 Å². The number of fused-ring (bicyclic) bond motifs is 1. The third-order valence-corrected chi connectivity index (χ3v) is 6.51. The molecule has 1 aromatic carbocycles. The fraction of sp³-hybridized carbons (Fsp3) is 0.292. The third kappa shape index (κ3) is 4.23. The van der Waals surface area contributed by atoms with Gasteiger partial charge in [0.2, 0.25) is 0 Å². The van der Waals surface area contributed by atoms with E-state index < -0.39 is 0 Å². The van der Waals surface area contributed by atoms with Crippen LogP contribution in [-0.2, 0) is 19.5 Å². The second-order valence-electron chi connectivity index (χ2n) is 7.62. The maximum absolute atomic E-state index is 12.8. The third-order valence-electron chi connectivity index (χ3n) is 5.72. The normalized spacial score (nSPS) is 13.1. The standard InChI is InChI=1S/C24H25N3O3S/c1-15-9-11-30-22(15)24(29)27-10-8-18-17(14-27)12-25-16(2)20(18)13-26-23(28)19-6-4-5-7-21(19)31-3/h4-7,9,11-12H,8,10,13-14H2,1-3H3,(H,26,28). The van der Waals surface area contributed by atoms with E-state index >= 15 is 0 Å². The molecule has 0 saturated heterocycles. The zero-order chi connectivity index (χ0) is 22.0. The van der Waals surface area contributed by atoms with Crippen LogP contribution in [0.25, 0.3) is 0 Å². The molecule has 1 aliphatic heterocycles. The van der Waals surface area contributed by atoms with Gasteiger partial charge in [-0.15, -0.1) is 11.8 Å². The van der Waals surface area contributed by atoms with Gasteiger partial charge in [-0.2, -0.15) is 0 Å². The molecule has 0 saturated carbocycles. The highest BCUT2D eigenvalue weighted by atomic mass is 32.2. The Bertz CT molecular complexity index is 1140. The number of benzene rings is 1. The summed E-state index contributed by atoms with van der Waals surface area (Å²) in [6.45, 7) is 5.33. The lowest BCUT2D eigenvalue weighted by molar-refractivity contribution is 0.0700. The molecule has 2 aromatic heterocycles.